The molecule has 0 saturated heterocycles. The number of anilines is 1. The molecule has 1 aromatic rings. The van der Waals surface area contributed by atoms with Gasteiger partial charge >= 0.3 is 6.03 Å². The summed E-state index contributed by atoms with van der Waals surface area (Å²) in [6.45, 7) is 0. The van der Waals surface area contributed by atoms with E-state index in [1.54, 1.807) is 13.2 Å². The van der Waals surface area contributed by atoms with Crippen molar-refractivity contribution < 1.29 is 9.63 Å². The van der Waals surface area contributed by atoms with E-state index in [0.717, 1.165) is 5.06 Å². The van der Waals surface area contributed by atoms with Gasteiger partial charge in [0.2, 0.25) is 0 Å². The predicted molar refractivity (Wildman–Crippen MR) is 44.8 cm³/mol. The van der Waals surface area contributed by atoms with Gasteiger partial charge in [-0.3, -0.25) is 14.8 Å². The number of carbonyl (C=O) groups is 1. The molecule has 0 aromatic carbocycles. The van der Waals surface area contributed by atoms with Crippen LogP contribution < -0.4 is 5.32 Å². The summed E-state index contributed by atoms with van der Waals surface area (Å²) in [5, 5.41) is 10.8. The molecule has 0 aliphatic rings. The molecular formula is C6H11N5O2. The number of rotatable bonds is 2. The number of hydrogen-bond donors (Lipinski definition) is 1. The number of hydrogen-bond acceptors (Lipinski definition) is 4. The van der Waals surface area contributed by atoms with Crippen molar-refractivity contribution in [2.24, 2.45) is 7.05 Å². The lowest BCUT2D eigenvalue weighted by Gasteiger charge is -2.12. The van der Waals surface area contributed by atoms with Crippen molar-refractivity contribution in [3.63, 3.8) is 0 Å². The quantitative estimate of drug-likeness (QED) is 0.650. The zero-order valence-electron chi connectivity index (χ0n) is 7.68. The number of carbonyl (C=O) groups excluding carboxylic acids is 1. The molecule has 2 amide bonds. The molecule has 0 aliphatic heterocycles. The largest absolute Gasteiger partial charge is 0.346 e. The molecule has 1 heterocycles. The van der Waals surface area contributed by atoms with Crippen LogP contribution in [0, 0.1) is 0 Å². The van der Waals surface area contributed by atoms with Gasteiger partial charge < -0.3 is 0 Å². The molecule has 0 bridgehead atoms. The first kappa shape index (κ1) is 9.46. The lowest BCUT2D eigenvalue weighted by atomic mass is 10.7. The fourth-order valence-electron chi connectivity index (χ4n) is 0.676. The molecule has 0 saturated carbocycles. The van der Waals surface area contributed by atoms with Crippen molar-refractivity contribution in [1.82, 2.24) is 20.1 Å². The first-order chi connectivity index (χ1) is 6.13. The molecule has 1 rings (SSSR count). The molecule has 0 spiro atoms. The summed E-state index contributed by atoms with van der Waals surface area (Å²) in [7, 11) is 4.60. The van der Waals surface area contributed by atoms with Crippen molar-refractivity contribution in [3.8, 4) is 0 Å². The van der Waals surface area contributed by atoms with Gasteiger partial charge in [0, 0.05) is 14.1 Å². The standard InChI is InChI=1S/C6H11N5O2/c1-10-4-5(8-9-10)7-6(12)11(2)13-3/h4H,1-3H3,(H,7,12). The van der Waals surface area contributed by atoms with Crippen molar-refractivity contribution in [2.45, 2.75) is 0 Å². The average molecular weight is 185 g/mol. The minimum atomic E-state index is -0.400. The van der Waals surface area contributed by atoms with Gasteiger partial charge in [-0.2, -0.15) is 0 Å². The van der Waals surface area contributed by atoms with Gasteiger partial charge in [-0.15, -0.1) is 5.10 Å². The number of nitrogens with zero attached hydrogens (tertiary/aromatic N) is 4. The molecule has 7 nitrogen and oxygen atoms in total. The Hall–Kier alpha value is -1.63. The van der Waals surface area contributed by atoms with Crippen molar-refractivity contribution >= 4 is 11.8 Å². The van der Waals surface area contributed by atoms with Crippen LogP contribution in [-0.2, 0) is 11.9 Å². The summed E-state index contributed by atoms with van der Waals surface area (Å²) in [6, 6.07) is -0.400. The van der Waals surface area contributed by atoms with Crippen LogP contribution >= 0.6 is 0 Å². The fraction of sp³-hybridized carbons (Fsp3) is 0.500. The number of urea groups is 1. The van der Waals surface area contributed by atoms with E-state index in [9.17, 15) is 4.79 Å². The minimum Gasteiger partial charge on any atom is -0.288 e. The monoisotopic (exact) mass is 185 g/mol. The van der Waals surface area contributed by atoms with Crippen LogP contribution in [0.4, 0.5) is 10.6 Å². The minimum absolute atomic E-state index is 0.386. The Bertz CT molecular complexity index is 297. The van der Waals surface area contributed by atoms with E-state index >= 15 is 0 Å². The van der Waals surface area contributed by atoms with Gasteiger partial charge in [-0.25, -0.2) is 9.86 Å². The Morgan fingerprint density at radius 2 is 2.46 bits per heavy atom. The Morgan fingerprint density at radius 3 is 2.92 bits per heavy atom. The van der Waals surface area contributed by atoms with E-state index in [2.05, 4.69) is 20.5 Å². The van der Waals surface area contributed by atoms with Crippen LogP contribution in [0.25, 0.3) is 0 Å². The van der Waals surface area contributed by atoms with E-state index in [1.165, 1.54) is 18.8 Å². The van der Waals surface area contributed by atoms with Gasteiger partial charge in [-0.05, 0) is 0 Å². The second-order valence-electron chi connectivity index (χ2n) is 2.39. The third kappa shape index (κ3) is 2.41. The van der Waals surface area contributed by atoms with Crippen molar-refractivity contribution in [1.29, 1.82) is 0 Å². The smallest absolute Gasteiger partial charge is 0.288 e. The molecule has 7 heteroatoms. The SMILES string of the molecule is CON(C)C(=O)Nc1cn(C)nn1. The Kier molecular flexibility index (Phi) is 2.80. The normalized spacial score (nSPS) is 9.77. The second-order valence-corrected chi connectivity index (χ2v) is 2.39. The summed E-state index contributed by atoms with van der Waals surface area (Å²) in [5.74, 6) is 0.386. The fourth-order valence-corrected chi connectivity index (χ4v) is 0.676. The van der Waals surface area contributed by atoms with Gasteiger partial charge in [0.05, 0.1) is 13.3 Å². The van der Waals surface area contributed by atoms with Crippen LogP contribution in [-0.4, -0.2) is 40.2 Å². The molecule has 0 unspecified atom stereocenters. The van der Waals surface area contributed by atoms with Crippen LogP contribution in [0.15, 0.2) is 6.20 Å². The Balaban J connectivity index is 2.54. The topological polar surface area (TPSA) is 72.3 Å². The first-order valence-corrected chi connectivity index (χ1v) is 3.58. The highest BCUT2D eigenvalue weighted by Crippen LogP contribution is 1.99. The van der Waals surface area contributed by atoms with Crippen molar-refractivity contribution in [3.05, 3.63) is 6.20 Å². The lowest BCUT2D eigenvalue weighted by Crippen LogP contribution is -2.30. The summed E-state index contributed by atoms with van der Waals surface area (Å²) in [5.41, 5.74) is 0. The maximum absolute atomic E-state index is 11.2. The zero-order chi connectivity index (χ0) is 9.84. The highest BCUT2D eigenvalue weighted by Gasteiger charge is 2.08. The molecule has 72 valence electrons. The third-order valence-electron chi connectivity index (χ3n) is 1.40. The van der Waals surface area contributed by atoms with Gasteiger partial charge in [-0.1, -0.05) is 5.21 Å². The molecule has 0 aliphatic carbocycles. The number of aromatic nitrogens is 3. The molecule has 0 fully saturated rings. The molecule has 0 radical (unpaired) electrons. The number of hydroxylamine groups is 2. The van der Waals surface area contributed by atoms with E-state index in [-0.39, 0.29) is 0 Å². The van der Waals surface area contributed by atoms with Crippen LogP contribution in [0.1, 0.15) is 0 Å². The molecule has 1 N–H and O–H groups in total. The Morgan fingerprint density at radius 1 is 1.77 bits per heavy atom. The van der Waals surface area contributed by atoms with Gasteiger partial charge in [0.1, 0.15) is 0 Å². The second kappa shape index (κ2) is 3.85. The Labute approximate surface area is 75.2 Å². The van der Waals surface area contributed by atoms with Crippen LogP contribution in [0.2, 0.25) is 0 Å². The first-order valence-electron chi connectivity index (χ1n) is 3.58. The van der Waals surface area contributed by atoms with E-state index in [1.807, 2.05) is 0 Å². The molecule has 1 aromatic heterocycles. The number of amides is 2. The maximum atomic E-state index is 11.2. The maximum Gasteiger partial charge on any atom is 0.346 e. The zero-order valence-corrected chi connectivity index (χ0v) is 7.68. The highest BCUT2D eigenvalue weighted by atomic mass is 16.7. The summed E-state index contributed by atoms with van der Waals surface area (Å²) in [4.78, 5) is 15.8. The van der Waals surface area contributed by atoms with Crippen LogP contribution in [0.3, 0.4) is 0 Å². The molecular weight excluding hydrogens is 174 g/mol. The van der Waals surface area contributed by atoms with Gasteiger partial charge in [0.15, 0.2) is 5.82 Å². The predicted octanol–water partition coefficient (Wildman–Crippen LogP) is -0.160. The lowest BCUT2D eigenvalue weighted by molar-refractivity contribution is -0.0598. The third-order valence-corrected chi connectivity index (χ3v) is 1.40. The average Bonchev–Trinajstić information content (AvgIpc) is 2.49. The molecule has 0 atom stereocenters. The molecule has 13 heavy (non-hydrogen) atoms. The van der Waals surface area contributed by atoms with Crippen molar-refractivity contribution in [2.75, 3.05) is 19.5 Å². The van der Waals surface area contributed by atoms with Crippen LogP contribution in [0.5, 0.6) is 0 Å². The van der Waals surface area contributed by atoms with E-state index < -0.39 is 6.03 Å². The van der Waals surface area contributed by atoms with Gasteiger partial charge in [0.25, 0.3) is 0 Å². The summed E-state index contributed by atoms with van der Waals surface area (Å²) in [6.07, 6.45) is 1.58. The van der Waals surface area contributed by atoms with E-state index in [0.29, 0.717) is 5.82 Å². The highest BCUT2D eigenvalue weighted by molar-refractivity contribution is 5.87. The van der Waals surface area contributed by atoms with E-state index in [4.69, 9.17) is 0 Å². The number of aryl methyl sites for hydroxylation is 1. The number of nitrogens with one attached hydrogen (secondary N) is 1. The summed E-state index contributed by atoms with van der Waals surface area (Å²) >= 11 is 0. The summed E-state index contributed by atoms with van der Waals surface area (Å²) < 4.78 is 1.49.